The van der Waals surface area contributed by atoms with Crippen molar-refractivity contribution in [2.75, 3.05) is 12.4 Å². The van der Waals surface area contributed by atoms with Crippen molar-refractivity contribution in [3.8, 4) is 5.75 Å². The Labute approximate surface area is 112 Å². The van der Waals surface area contributed by atoms with Crippen molar-refractivity contribution in [1.29, 1.82) is 0 Å². The Morgan fingerprint density at radius 3 is 2.37 bits per heavy atom. The molecule has 2 aromatic rings. The summed E-state index contributed by atoms with van der Waals surface area (Å²) in [5.74, 6) is 0.775. The lowest BCUT2D eigenvalue weighted by Gasteiger charge is -2.02. The number of allylic oxidation sites excluding steroid dienone is 1. The average molecular weight is 253 g/mol. The van der Waals surface area contributed by atoms with Crippen molar-refractivity contribution in [2.45, 2.75) is 0 Å². The summed E-state index contributed by atoms with van der Waals surface area (Å²) >= 11 is 0. The van der Waals surface area contributed by atoms with E-state index in [-0.39, 0.29) is 5.78 Å². The Balaban J connectivity index is 1.94. The van der Waals surface area contributed by atoms with Crippen molar-refractivity contribution in [2.24, 2.45) is 0 Å². The molecule has 0 aliphatic carbocycles. The van der Waals surface area contributed by atoms with Crippen LogP contribution >= 0.6 is 0 Å². The van der Waals surface area contributed by atoms with Gasteiger partial charge in [0.15, 0.2) is 5.78 Å². The predicted molar refractivity (Wildman–Crippen MR) is 76.5 cm³/mol. The highest BCUT2D eigenvalue weighted by Crippen LogP contribution is 2.14. The second kappa shape index (κ2) is 6.40. The van der Waals surface area contributed by atoms with Gasteiger partial charge in [-0.3, -0.25) is 4.79 Å². The molecule has 0 saturated heterocycles. The van der Waals surface area contributed by atoms with Crippen LogP contribution < -0.4 is 10.1 Å². The first-order chi connectivity index (χ1) is 9.29. The minimum absolute atomic E-state index is 0.0263. The highest BCUT2D eigenvalue weighted by atomic mass is 16.5. The highest BCUT2D eigenvalue weighted by molar-refractivity contribution is 6.04. The predicted octanol–water partition coefficient (Wildman–Crippen LogP) is 3.50. The van der Waals surface area contributed by atoms with Gasteiger partial charge in [0.05, 0.1) is 7.11 Å². The third-order valence-corrected chi connectivity index (χ3v) is 2.63. The van der Waals surface area contributed by atoms with Gasteiger partial charge < -0.3 is 10.1 Å². The van der Waals surface area contributed by atoms with Crippen LogP contribution in [0.2, 0.25) is 0 Å². The van der Waals surface area contributed by atoms with Crippen LogP contribution in [0.4, 0.5) is 5.69 Å². The molecule has 0 aliphatic rings. The van der Waals surface area contributed by atoms with Crippen molar-refractivity contribution >= 4 is 11.5 Å². The summed E-state index contributed by atoms with van der Waals surface area (Å²) in [5, 5.41) is 3.04. The number of hydrogen-bond donors (Lipinski definition) is 1. The average Bonchev–Trinajstić information content (AvgIpc) is 2.49. The smallest absolute Gasteiger partial charge is 0.187 e. The Kier molecular flexibility index (Phi) is 4.34. The molecule has 0 saturated carbocycles. The Hall–Kier alpha value is -2.55. The fourth-order valence-electron chi connectivity index (χ4n) is 1.60. The van der Waals surface area contributed by atoms with E-state index >= 15 is 0 Å². The normalized spacial score (nSPS) is 10.4. The third-order valence-electron chi connectivity index (χ3n) is 2.63. The van der Waals surface area contributed by atoms with Gasteiger partial charge in [-0.2, -0.15) is 0 Å². The molecule has 0 radical (unpaired) electrons. The Bertz CT molecular complexity index is 559. The largest absolute Gasteiger partial charge is 0.497 e. The summed E-state index contributed by atoms with van der Waals surface area (Å²) < 4.78 is 5.07. The molecule has 0 amide bonds. The van der Waals surface area contributed by atoms with Gasteiger partial charge in [-0.1, -0.05) is 30.3 Å². The minimum atomic E-state index is -0.0263. The molecule has 0 aromatic heterocycles. The minimum Gasteiger partial charge on any atom is -0.497 e. The lowest BCUT2D eigenvalue weighted by atomic mass is 10.1. The number of methoxy groups -OCH3 is 1. The van der Waals surface area contributed by atoms with Crippen LogP contribution in [-0.4, -0.2) is 12.9 Å². The second-order valence-corrected chi connectivity index (χ2v) is 3.94. The molecule has 19 heavy (non-hydrogen) atoms. The first kappa shape index (κ1) is 12.9. The maximum absolute atomic E-state index is 11.8. The molecule has 0 unspecified atom stereocenters. The summed E-state index contributed by atoms with van der Waals surface area (Å²) in [6, 6.07) is 16.6. The number of hydrogen-bond acceptors (Lipinski definition) is 3. The third kappa shape index (κ3) is 3.71. The Morgan fingerprint density at radius 1 is 1.05 bits per heavy atom. The molecule has 3 heteroatoms. The molecule has 0 bridgehead atoms. The van der Waals surface area contributed by atoms with E-state index in [0.717, 1.165) is 11.4 Å². The molecule has 2 rings (SSSR count). The quantitative estimate of drug-likeness (QED) is 0.654. The number of ketones is 1. The van der Waals surface area contributed by atoms with Crippen LogP contribution in [0.3, 0.4) is 0 Å². The Morgan fingerprint density at radius 2 is 1.74 bits per heavy atom. The van der Waals surface area contributed by atoms with E-state index in [1.807, 2.05) is 42.5 Å². The topological polar surface area (TPSA) is 38.3 Å². The van der Waals surface area contributed by atoms with Gasteiger partial charge in [0.1, 0.15) is 5.75 Å². The number of nitrogens with one attached hydrogen (secondary N) is 1. The van der Waals surface area contributed by atoms with Crippen LogP contribution in [0.1, 0.15) is 10.4 Å². The summed E-state index contributed by atoms with van der Waals surface area (Å²) in [4.78, 5) is 11.8. The van der Waals surface area contributed by atoms with Crippen LogP contribution in [-0.2, 0) is 0 Å². The van der Waals surface area contributed by atoms with Gasteiger partial charge >= 0.3 is 0 Å². The second-order valence-electron chi connectivity index (χ2n) is 3.94. The van der Waals surface area contributed by atoms with Gasteiger partial charge in [-0.05, 0) is 24.3 Å². The number of rotatable bonds is 5. The van der Waals surface area contributed by atoms with Gasteiger partial charge in [0, 0.05) is 23.5 Å². The van der Waals surface area contributed by atoms with Gasteiger partial charge in [-0.15, -0.1) is 0 Å². The molecule has 0 heterocycles. The number of carbonyl (C=O) groups is 1. The van der Waals surface area contributed by atoms with Crippen LogP contribution in [0, 0.1) is 0 Å². The number of ether oxygens (including phenoxy) is 1. The van der Waals surface area contributed by atoms with E-state index in [0.29, 0.717) is 5.56 Å². The summed E-state index contributed by atoms with van der Waals surface area (Å²) in [6.45, 7) is 0. The summed E-state index contributed by atoms with van der Waals surface area (Å²) in [5.41, 5.74) is 1.58. The maximum Gasteiger partial charge on any atom is 0.187 e. The van der Waals surface area contributed by atoms with E-state index in [9.17, 15) is 4.79 Å². The standard InChI is InChI=1S/C16H15NO2/c1-19-15-9-7-14(8-10-15)17-12-11-16(18)13-5-3-2-4-6-13/h2-12,17H,1H3/b12-11+. The van der Waals surface area contributed by atoms with Crippen molar-refractivity contribution in [3.63, 3.8) is 0 Å². The van der Waals surface area contributed by atoms with Crippen LogP contribution in [0.15, 0.2) is 66.9 Å². The zero-order chi connectivity index (χ0) is 13.5. The molecule has 2 aromatic carbocycles. The lowest BCUT2D eigenvalue weighted by molar-refractivity contribution is 0.104. The molecule has 0 aliphatic heterocycles. The number of carbonyl (C=O) groups excluding carboxylic acids is 1. The van der Waals surface area contributed by atoms with Crippen molar-refractivity contribution < 1.29 is 9.53 Å². The molecule has 3 nitrogen and oxygen atoms in total. The van der Waals surface area contributed by atoms with Crippen molar-refractivity contribution in [3.05, 3.63) is 72.4 Å². The first-order valence-corrected chi connectivity index (χ1v) is 5.96. The number of anilines is 1. The molecule has 1 N–H and O–H groups in total. The van der Waals surface area contributed by atoms with Crippen molar-refractivity contribution in [1.82, 2.24) is 0 Å². The summed E-state index contributed by atoms with van der Waals surface area (Å²) in [6.07, 6.45) is 3.15. The fraction of sp³-hybridized carbons (Fsp3) is 0.0625. The van der Waals surface area contributed by atoms with E-state index in [4.69, 9.17) is 4.74 Å². The van der Waals surface area contributed by atoms with E-state index in [1.165, 1.54) is 6.08 Å². The van der Waals surface area contributed by atoms with Gasteiger partial charge in [0.2, 0.25) is 0 Å². The van der Waals surface area contributed by atoms with Crippen LogP contribution in [0.25, 0.3) is 0 Å². The van der Waals surface area contributed by atoms with E-state index in [1.54, 1.807) is 25.4 Å². The zero-order valence-electron chi connectivity index (χ0n) is 10.7. The monoisotopic (exact) mass is 253 g/mol. The van der Waals surface area contributed by atoms with E-state index < -0.39 is 0 Å². The molecular weight excluding hydrogens is 238 g/mol. The SMILES string of the molecule is COc1ccc(N/C=C/C(=O)c2ccccc2)cc1. The highest BCUT2D eigenvalue weighted by Gasteiger charge is 1.98. The molecule has 96 valence electrons. The first-order valence-electron chi connectivity index (χ1n) is 5.96. The van der Waals surface area contributed by atoms with Crippen LogP contribution in [0.5, 0.6) is 5.75 Å². The molecule has 0 spiro atoms. The molecular formula is C16H15NO2. The molecule has 0 fully saturated rings. The molecule has 0 atom stereocenters. The zero-order valence-corrected chi connectivity index (χ0v) is 10.7. The number of benzene rings is 2. The maximum atomic E-state index is 11.8. The fourth-order valence-corrected chi connectivity index (χ4v) is 1.60. The lowest BCUT2D eigenvalue weighted by Crippen LogP contribution is -1.95. The van der Waals surface area contributed by atoms with Gasteiger partial charge in [0.25, 0.3) is 0 Å². The van der Waals surface area contributed by atoms with Gasteiger partial charge in [-0.25, -0.2) is 0 Å². The van der Waals surface area contributed by atoms with E-state index in [2.05, 4.69) is 5.32 Å². The summed E-state index contributed by atoms with van der Waals surface area (Å²) in [7, 11) is 1.63.